The molecule has 28 heavy (non-hydrogen) atoms. The zero-order valence-electron chi connectivity index (χ0n) is 16.6. The van der Waals surface area contributed by atoms with E-state index in [9.17, 15) is 9.59 Å². The van der Waals surface area contributed by atoms with Crippen molar-refractivity contribution in [3.8, 4) is 11.5 Å². The van der Waals surface area contributed by atoms with Crippen molar-refractivity contribution in [3.63, 3.8) is 0 Å². The molecule has 1 aliphatic rings. The molecular weight excluding hydrogens is 358 g/mol. The first-order chi connectivity index (χ1) is 13.5. The van der Waals surface area contributed by atoms with E-state index >= 15 is 0 Å². The molecule has 0 N–H and O–H groups in total. The molecule has 1 aliphatic heterocycles. The molecule has 1 unspecified atom stereocenters. The lowest BCUT2D eigenvalue weighted by atomic mass is 10.0. The number of carbonyl (C=O) groups is 2. The van der Waals surface area contributed by atoms with Gasteiger partial charge in [0.25, 0.3) is 11.8 Å². The molecule has 3 rings (SSSR count). The Balaban J connectivity index is 2.02. The van der Waals surface area contributed by atoms with Crippen molar-refractivity contribution in [2.24, 2.45) is 0 Å². The molecule has 1 heterocycles. The number of methoxy groups -OCH3 is 2. The predicted molar refractivity (Wildman–Crippen MR) is 105 cm³/mol. The highest BCUT2D eigenvalue weighted by atomic mass is 16.5. The SMILES string of the molecule is COCCC(c1ccc(OC)c(OC(C)C)c1)N1C(=O)c2ccccc2C1=O. The monoisotopic (exact) mass is 383 g/mol. The number of nitrogens with zero attached hydrogens (tertiary/aromatic N) is 1. The number of imide groups is 1. The molecule has 0 aliphatic carbocycles. The van der Waals surface area contributed by atoms with Crippen LogP contribution < -0.4 is 9.47 Å². The van der Waals surface area contributed by atoms with E-state index in [0.29, 0.717) is 35.7 Å². The minimum atomic E-state index is -0.465. The number of benzene rings is 2. The molecule has 2 aromatic carbocycles. The van der Waals surface area contributed by atoms with E-state index in [1.807, 2.05) is 26.0 Å². The Kier molecular flexibility index (Phi) is 5.99. The second-order valence-corrected chi connectivity index (χ2v) is 6.90. The third-order valence-corrected chi connectivity index (χ3v) is 4.67. The van der Waals surface area contributed by atoms with Gasteiger partial charge in [0, 0.05) is 13.7 Å². The summed E-state index contributed by atoms with van der Waals surface area (Å²) in [6, 6.07) is 11.9. The normalized spacial score (nSPS) is 14.4. The van der Waals surface area contributed by atoms with Crippen LogP contribution in [0.15, 0.2) is 42.5 Å². The van der Waals surface area contributed by atoms with E-state index in [-0.39, 0.29) is 17.9 Å². The molecule has 6 nitrogen and oxygen atoms in total. The van der Waals surface area contributed by atoms with Crippen molar-refractivity contribution in [3.05, 3.63) is 59.2 Å². The molecule has 0 saturated carbocycles. The molecule has 0 fully saturated rings. The third kappa shape index (κ3) is 3.73. The topological polar surface area (TPSA) is 65.1 Å². The van der Waals surface area contributed by atoms with Crippen LogP contribution in [0, 0.1) is 0 Å². The first kappa shape index (κ1) is 19.9. The van der Waals surface area contributed by atoms with Crippen LogP contribution in [-0.2, 0) is 4.74 Å². The Bertz CT molecular complexity index is 842. The summed E-state index contributed by atoms with van der Waals surface area (Å²) in [5.41, 5.74) is 1.66. The van der Waals surface area contributed by atoms with Gasteiger partial charge >= 0.3 is 0 Å². The molecular formula is C22H25NO5. The smallest absolute Gasteiger partial charge is 0.262 e. The molecule has 0 spiro atoms. The van der Waals surface area contributed by atoms with Crippen LogP contribution in [-0.4, -0.2) is 43.6 Å². The van der Waals surface area contributed by atoms with Gasteiger partial charge in [-0.1, -0.05) is 18.2 Å². The Labute approximate surface area is 165 Å². The van der Waals surface area contributed by atoms with Gasteiger partial charge in [0.2, 0.25) is 0 Å². The summed E-state index contributed by atoms with van der Waals surface area (Å²) in [5, 5.41) is 0. The quantitative estimate of drug-likeness (QED) is 0.648. The maximum absolute atomic E-state index is 13.0. The van der Waals surface area contributed by atoms with Gasteiger partial charge in [-0.15, -0.1) is 0 Å². The van der Waals surface area contributed by atoms with E-state index in [4.69, 9.17) is 14.2 Å². The van der Waals surface area contributed by atoms with Crippen molar-refractivity contribution in [2.75, 3.05) is 20.8 Å². The van der Waals surface area contributed by atoms with Crippen molar-refractivity contribution < 1.29 is 23.8 Å². The minimum absolute atomic E-state index is 0.0409. The van der Waals surface area contributed by atoms with Gasteiger partial charge in [0.05, 0.1) is 30.4 Å². The van der Waals surface area contributed by atoms with E-state index in [0.717, 1.165) is 5.56 Å². The molecule has 0 radical (unpaired) electrons. The largest absolute Gasteiger partial charge is 0.493 e. The number of hydrogen-bond acceptors (Lipinski definition) is 5. The summed E-state index contributed by atoms with van der Waals surface area (Å²) >= 11 is 0. The Morgan fingerprint density at radius 1 is 0.929 bits per heavy atom. The predicted octanol–water partition coefficient (Wildman–Crippen LogP) is 3.86. The lowest BCUT2D eigenvalue weighted by molar-refractivity contribution is 0.0544. The van der Waals surface area contributed by atoms with Crippen LogP contribution >= 0.6 is 0 Å². The summed E-state index contributed by atoms with van der Waals surface area (Å²) in [7, 11) is 3.18. The molecule has 2 amide bonds. The molecule has 0 aromatic heterocycles. The maximum atomic E-state index is 13.0. The number of fused-ring (bicyclic) bond motifs is 1. The van der Waals surface area contributed by atoms with Crippen molar-refractivity contribution in [2.45, 2.75) is 32.4 Å². The van der Waals surface area contributed by atoms with Gasteiger partial charge in [0.1, 0.15) is 0 Å². The lowest BCUT2D eigenvalue weighted by Gasteiger charge is -2.27. The molecule has 0 bridgehead atoms. The van der Waals surface area contributed by atoms with Crippen LogP contribution in [0.2, 0.25) is 0 Å². The van der Waals surface area contributed by atoms with Crippen molar-refractivity contribution in [1.29, 1.82) is 0 Å². The first-order valence-electron chi connectivity index (χ1n) is 9.28. The molecule has 148 valence electrons. The average molecular weight is 383 g/mol. The number of hydrogen-bond donors (Lipinski definition) is 0. The second kappa shape index (κ2) is 8.44. The summed E-state index contributed by atoms with van der Waals surface area (Å²) in [4.78, 5) is 27.3. The number of carbonyl (C=O) groups excluding carboxylic acids is 2. The van der Waals surface area contributed by atoms with Gasteiger partial charge in [0.15, 0.2) is 11.5 Å². The Morgan fingerprint density at radius 3 is 2.11 bits per heavy atom. The van der Waals surface area contributed by atoms with Gasteiger partial charge in [-0.2, -0.15) is 0 Å². The van der Waals surface area contributed by atoms with Crippen LogP contribution in [0.5, 0.6) is 11.5 Å². The number of amides is 2. The number of ether oxygens (including phenoxy) is 3. The third-order valence-electron chi connectivity index (χ3n) is 4.67. The zero-order valence-corrected chi connectivity index (χ0v) is 16.6. The Hall–Kier alpha value is -2.86. The maximum Gasteiger partial charge on any atom is 0.262 e. The molecule has 0 saturated heterocycles. The van der Waals surface area contributed by atoms with E-state index in [1.54, 1.807) is 44.6 Å². The molecule has 6 heteroatoms. The second-order valence-electron chi connectivity index (χ2n) is 6.90. The van der Waals surface area contributed by atoms with Gasteiger partial charge in [-0.3, -0.25) is 14.5 Å². The van der Waals surface area contributed by atoms with Crippen LogP contribution in [0.25, 0.3) is 0 Å². The van der Waals surface area contributed by atoms with Crippen molar-refractivity contribution in [1.82, 2.24) is 4.90 Å². The first-order valence-corrected chi connectivity index (χ1v) is 9.28. The summed E-state index contributed by atoms with van der Waals surface area (Å²) < 4.78 is 16.5. The molecule has 2 aromatic rings. The zero-order chi connectivity index (χ0) is 20.3. The summed E-state index contributed by atoms with van der Waals surface area (Å²) in [6.45, 7) is 4.27. The van der Waals surface area contributed by atoms with Gasteiger partial charge in [-0.25, -0.2) is 0 Å². The summed E-state index contributed by atoms with van der Waals surface area (Å²) in [6.07, 6.45) is 0.441. The molecule has 1 atom stereocenters. The Morgan fingerprint density at radius 2 is 1.57 bits per heavy atom. The van der Waals surface area contributed by atoms with Crippen LogP contribution in [0.4, 0.5) is 0 Å². The average Bonchev–Trinajstić information content (AvgIpc) is 2.93. The lowest BCUT2D eigenvalue weighted by Crippen LogP contribution is -2.34. The van der Waals surface area contributed by atoms with Gasteiger partial charge < -0.3 is 14.2 Å². The van der Waals surface area contributed by atoms with Crippen molar-refractivity contribution >= 4 is 11.8 Å². The highest BCUT2D eigenvalue weighted by Crippen LogP contribution is 2.37. The van der Waals surface area contributed by atoms with Crippen LogP contribution in [0.1, 0.15) is 52.6 Å². The highest BCUT2D eigenvalue weighted by Gasteiger charge is 2.40. The highest BCUT2D eigenvalue weighted by molar-refractivity contribution is 6.21. The minimum Gasteiger partial charge on any atom is -0.493 e. The standard InChI is InChI=1S/C22H25NO5/c1-14(2)28-20-13-15(9-10-19(20)27-4)18(11-12-26-3)23-21(24)16-7-5-6-8-17(16)22(23)25/h5-10,13-14,18H,11-12H2,1-4H3. The fraction of sp³-hybridized carbons (Fsp3) is 0.364. The van der Waals surface area contributed by atoms with Gasteiger partial charge in [-0.05, 0) is 50.1 Å². The summed E-state index contributed by atoms with van der Waals surface area (Å²) in [5.74, 6) is 0.604. The fourth-order valence-electron chi connectivity index (χ4n) is 3.41. The van der Waals surface area contributed by atoms with E-state index in [2.05, 4.69) is 0 Å². The van der Waals surface area contributed by atoms with E-state index in [1.165, 1.54) is 4.90 Å². The van der Waals surface area contributed by atoms with Crippen LogP contribution in [0.3, 0.4) is 0 Å². The van der Waals surface area contributed by atoms with E-state index < -0.39 is 6.04 Å². The fourth-order valence-corrected chi connectivity index (χ4v) is 3.41. The number of rotatable bonds is 8.